The normalized spacial score (nSPS) is 12.2. The first kappa shape index (κ1) is 18.1. The maximum absolute atomic E-state index is 6.25. The summed E-state index contributed by atoms with van der Waals surface area (Å²) in [5.74, 6) is 0.765. The topological polar surface area (TPSA) is 64.3 Å². The molecule has 1 unspecified atom stereocenters. The lowest BCUT2D eigenvalue weighted by Gasteiger charge is -2.27. The molecule has 1 aromatic heterocycles. The number of nitrogens with zero attached hydrogens (tertiary/aromatic N) is 3. The Morgan fingerprint density at radius 2 is 1.92 bits per heavy atom. The van der Waals surface area contributed by atoms with Gasteiger partial charge in [0.05, 0.1) is 18.2 Å². The first-order chi connectivity index (χ1) is 12.7. The second-order valence-electron chi connectivity index (χ2n) is 6.52. The van der Waals surface area contributed by atoms with Crippen LogP contribution in [0.25, 0.3) is 10.9 Å². The highest BCUT2D eigenvalue weighted by Gasteiger charge is 2.16. The SMILES string of the molecule is CCCC(C)ON(CCc1ccccc1)c1ncnc2ccc(N)cc12. The van der Waals surface area contributed by atoms with Crippen LogP contribution in [-0.4, -0.2) is 22.6 Å². The Kier molecular flexibility index (Phi) is 6.02. The average Bonchev–Trinajstić information content (AvgIpc) is 2.66. The molecule has 3 rings (SSSR count). The lowest BCUT2D eigenvalue weighted by Crippen LogP contribution is -2.31. The predicted molar refractivity (Wildman–Crippen MR) is 107 cm³/mol. The van der Waals surface area contributed by atoms with Gasteiger partial charge in [-0.15, -0.1) is 0 Å². The van der Waals surface area contributed by atoms with E-state index in [9.17, 15) is 0 Å². The molecule has 0 aliphatic rings. The molecule has 0 amide bonds. The molecule has 0 radical (unpaired) electrons. The summed E-state index contributed by atoms with van der Waals surface area (Å²) in [6, 6.07) is 16.1. The van der Waals surface area contributed by atoms with Crippen molar-refractivity contribution in [1.29, 1.82) is 0 Å². The third-order valence-corrected chi connectivity index (χ3v) is 4.32. The van der Waals surface area contributed by atoms with Gasteiger partial charge in [-0.05, 0) is 43.5 Å². The van der Waals surface area contributed by atoms with Crippen LogP contribution in [0.4, 0.5) is 11.5 Å². The first-order valence-corrected chi connectivity index (χ1v) is 9.16. The Morgan fingerprint density at radius 3 is 2.69 bits per heavy atom. The minimum absolute atomic E-state index is 0.113. The van der Waals surface area contributed by atoms with Crippen LogP contribution in [0, 0.1) is 0 Å². The maximum Gasteiger partial charge on any atom is 0.163 e. The second kappa shape index (κ2) is 8.63. The molecule has 0 saturated carbocycles. The highest BCUT2D eigenvalue weighted by molar-refractivity contribution is 5.91. The van der Waals surface area contributed by atoms with Crippen LogP contribution in [0.3, 0.4) is 0 Å². The lowest BCUT2D eigenvalue weighted by molar-refractivity contribution is 0.0380. The molecular formula is C21H26N4O. The summed E-state index contributed by atoms with van der Waals surface area (Å²) in [6.45, 7) is 4.96. The monoisotopic (exact) mass is 350 g/mol. The van der Waals surface area contributed by atoms with Crippen molar-refractivity contribution in [3.8, 4) is 0 Å². The summed E-state index contributed by atoms with van der Waals surface area (Å²) < 4.78 is 0. The molecule has 1 heterocycles. The fourth-order valence-corrected chi connectivity index (χ4v) is 3.02. The third kappa shape index (κ3) is 4.49. The highest BCUT2D eigenvalue weighted by Crippen LogP contribution is 2.26. The van der Waals surface area contributed by atoms with Crippen LogP contribution in [0.15, 0.2) is 54.9 Å². The number of benzene rings is 2. The molecule has 5 heteroatoms. The summed E-state index contributed by atoms with van der Waals surface area (Å²) in [6.07, 6.45) is 4.63. The van der Waals surface area contributed by atoms with Crippen molar-refractivity contribution in [1.82, 2.24) is 9.97 Å². The number of aromatic nitrogens is 2. The van der Waals surface area contributed by atoms with Gasteiger partial charge in [0.2, 0.25) is 0 Å². The van der Waals surface area contributed by atoms with Gasteiger partial charge < -0.3 is 5.73 Å². The van der Waals surface area contributed by atoms with Gasteiger partial charge >= 0.3 is 0 Å². The fourth-order valence-electron chi connectivity index (χ4n) is 3.02. The first-order valence-electron chi connectivity index (χ1n) is 9.16. The van der Waals surface area contributed by atoms with Gasteiger partial charge in [0.15, 0.2) is 5.82 Å². The molecule has 5 nitrogen and oxygen atoms in total. The number of nitrogen functional groups attached to an aromatic ring is 1. The van der Waals surface area contributed by atoms with Crippen molar-refractivity contribution in [2.24, 2.45) is 0 Å². The number of anilines is 2. The van der Waals surface area contributed by atoms with Crippen molar-refractivity contribution in [3.63, 3.8) is 0 Å². The zero-order valence-electron chi connectivity index (χ0n) is 15.4. The summed E-state index contributed by atoms with van der Waals surface area (Å²) in [4.78, 5) is 15.1. The Morgan fingerprint density at radius 1 is 1.12 bits per heavy atom. The van der Waals surface area contributed by atoms with Crippen molar-refractivity contribution in [3.05, 3.63) is 60.4 Å². The number of hydrogen-bond acceptors (Lipinski definition) is 5. The number of rotatable bonds is 8. The molecule has 1 atom stereocenters. The van der Waals surface area contributed by atoms with E-state index in [1.807, 2.05) is 29.3 Å². The van der Waals surface area contributed by atoms with E-state index in [4.69, 9.17) is 10.6 Å². The van der Waals surface area contributed by atoms with Crippen LogP contribution in [0.5, 0.6) is 0 Å². The molecule has 26 heavy (non-hydrogen) atoms. The molecule has 0 spiro atoms. The zero-order valence-corrected chi connectivity index (χ0v) is 15.4. The van der Waals surface area contributed by atoms with Gasteiger partial charge in [-0.25, -0.2) is 15.0 Å². The van der Waals surface area contributed by atoms with E-state index >= 15 is 0 Å². The molecule has 0 aliphatic heterocycles. The number of hydrogen-bond donors (Lipinski definition) is 1. The van der Waals surface area contributed by atoms with E-state index in [-0.39, 0.29) is 6.10 Å². The van der Waals surface area contributed by atoms with E-state index in [2.05, 4.69) is 48.1 Å². The van der Waals surface area contributed by atoms with Gasteiger partial charge in [-0.1, -0.05) is 43.7 Å². The van der Waals surface area contributed by atoms with Gasteiger partial charge in [0.25, 0.3) is 0 Å². The third-order valence-electron chi connectivity index (χ3n) is 4.32. The van der Waals surface area contributed by atoms with E-state index < -0.39 is 0 Å². The number of hydroxylamine groups is 1. The standard InChI is InChI=1S/C21H26N4O/c1-3-7-16(2)26-25(13-12-17-8-5-4-6-9-17)21-19-14-18(22)10-11-20(19)23-15-24-21/h4-6,8-11,14-16H,3,7,12-13,22H2,1-2H3. The minimum Gasteiger partial charge on any atom is -0.399 e. The van der Waals surface area contributed by atoms with Crippen molar-refractivity contribution in [2.75, 3.05) is 17.3 Å². The van der Waals surface area contributed by atoms with Crippen LogP contribution in [0.2, 0.25) is 0 Å². The quantitative estimate of drug-likeness (QED) is 0.482. The Balaban J connectivity index is 1.90. The average molecular weight is 350 g/mol. The smallest absolute Gasteiger partial charge is 0.163 e. The van der Waals surface area contributed by atoms with E-state index in [0.29, 0.717) is 12.2 Å². The summed E-state index contributed by atoms with van der Waals surface area (Å²) >= 11 is 0. The van der Waals surface area contributed by atoms with Gasteiger partial charge in [0.1, 0.15) is 6.33 Å². The highest BCUT2D eigenvalue weighted by atomic mass is 16.7. The van der Waals surface area contributed by atoms with Crippen LogP contribution in [-0.2, 0) is 11.3 Å². The largest absolute Gasteiger partial charge is 0.399 e. The number of nitrogens with two attached hydrogens (primary N) is 1. The second-order valence-corrected chi connectivity index (χ2v) is 6.52. The van der Waals surface area contributed by atoms with E-state index in [1.54, 1.807) is 6.33 Å². The van der Waals surface area contributed by atoms with Crippen molar-refractivity contribution in [2.45, 2.75) is 39.2 Å². The molecule has 3 aromatic rings. The van der Waals surface area contributed by atoms with Crippen molar-refractivity contribution >= 4 is 22.4 Å². The molecule has 0 saturated heterocycles. The van der Waals surface area contributed by atoms with E-state index in [0.717, 1.165) is 36.0 Å². The molecule has 2 aromatic carbocycles. The molecule has 2 N–H and O–H groups in total. The Bertz CT molecular complexity index is 838. The summed E-state index contributed by atoms with van der Waals surface area (Å²) in [7, 11) is 0. The number of fused-ring (bicyclic) bond motifs is 1. The van der Waals surface area contributed by atoms with Gasteiger partial charge in [-0.2, -0.15) is 0 Å². The van der Waals surface area contributed by atoms with Gasteiger partial charge in [0, 0.05) is 11.1 Å². The van der Waals surface area contributed by atoms with Crippen LogP contribution >= 0.6 is 0 Å². The zero-order chi connectivity index (χ0) is 18.4. The lowest BCUT2D eigenvalue weighted by atomic mass is 10.1. The Labute approximate surface area is 154 Å². The van der Waals surface area contributed by atoms with E-state index in [1.165, 1.54) is 5.56 Å². The fraction of sp³-hybridized carbons (Fsp3) is 0.333. The Hall–Kier alpha value is -2.66. The predicted octanol–water partition coefficient (Wildman–Crippen LogP) is 4.38. The van der Waals surface area contributed by atoms with Gasteiger partial charge in [-0.3, -0.25) is 4.84 Å². The summed E-state index contributed by atoms with van der Waals surface area (Å²) in [5, 5.41) is 2.81. The molecule has 0 bridgehead atoms. The summed E-state index contributed by atoms with van der Waals surface area (Å²) in [5.41, 5.74) is 8.81. The van der Waals surface area contributed by atoms with Crippen LogP contribution < -0.4 is 10.8 Å². The van der Waals surface area contributed by atoms with Crippen molar-refractivity contribution < 1.29 is 4.84 Å². The van der Waals surface area contributed by atoms with Crippen LogP contribution in [0.1, 0.15) is 32.3 Å². The minimum atomic E-state index is 0.113. The molecule has 0 fully saturated rings. The molecule has 0 aliphatic carbocycles. The maximum atomic E-state index is 6.25. The molecule has 136 valence electrons. The molecular weight excluding hydrogens is 324 g/mol.